The number of hydrogen-bond acceptors (Lipinski definition) is 14. The second kappa shape index (κ2) is 18.7. The van der Waals surface area contributed by atoms with Gasteiger partial charge in [-0.2, -0.15) is 0 Å². The summed E-state index contributed by atoms with van der Waals surface area (Å²) in [6.07, 6.45) is 7.87. The van der Waals surface area contributed by atoms with Gasteiger partial charge in [-0.25, -0.2) is 10.7 Å². The molecule has 8 aliphatic rings. The van der Waals surface area contributed by atoms with Crippen molar-refractivity contribution in [1.82, 2.24) is 10.6 Å². The summed E-state index contributed by atoms with van der Waals surface area (Å²) in [6.45, 7) is 2.45. The molecule has 2 bridgehead atoms. The highest BCUT2D eigenvalue weighted by Crippen LogP contribution is 2.79. The monoisotopic (exact) mass is 967 g/mol. The maximum absolute atomic E-state index is 14.1. The molecule has 7 fully saturated rings. The number of fused-ring (bicyclic) bond motifs is 7. The number of allylic oxidation sites excluding steroid dienone is 4. The number of aliphatic hydroxyl groups is 2. The molecule has 2 aromatic rings. The second-order valence-corrected chi connectivity index (χ2v) is 21.1. The number of hydrogen-bond donors (Lipinski definition) is 8. The molecular weight excluding hydrogens is 907 g/mol. The third-order valence-electron chi connectivity index (χ3n) is 16.8. The SMILES string of the molecule is C[C@]12C=CC(=O)C=C1CC[C@@H]1[C@@H]2[C@@H](O)C[C@@]2(C)[C@H]1C[C@H]1O[C@@H](C34CC(Cc5cccc(NC(=O)OCc6ccc(NC(=O)[C@H](CCC(=O)O)NC(=O)CNC(=O)CON)cc6)c5)(C3)C4)O[C@]12C(=O)CO. The lowest BCUT2D eigenvalue weighted by molar-refractivity contribution is -0.323. The molecule has 0 radical (unpaired) electrons. The number of aliphatic hydroxyl groups excluding tert-OH is 2. The zero-order valence-electron chi connectivity index (χ0n) is 39.2. The number of rotatable bonds is 18. The molecule has 19 heteroatoms. The molecule has 19 nitrogen and oxygen atoms in total. The Balaban J connectivity index is 0.759. The number of carboxylic acids is 1. The number of anilines is 2. The van der Waals surface area contributed by atoms with Crippen molar-refractivity contribution in [1.29, 1.82) is 0 Å². The molecule has 7 aliphatic carbocycles. The molecule has 10 atom stereocenters. The Morgan fingerprint density at radius 3 is 2.44 bits per heavy atom. The van der Waals surface area contributed by atoms with Crippen LogP contribution in [0.3, 0.4) is 0 Å². The standard InChI is InChI=1S/C51H61N5O14/c1-47-15-14-33(58)17-30(47)8-11-34-35-18-39-51(38(60)22-57,48(35,2)20-37(59)43(34)47)70-45(69-39)50-25-49(26-50,27-50)19-29-4-3-5-32(16-29)55-46(66)67-23-28-6-9-31(10-7-28)54-44(65)36(12-13-42(63)64)56-40(61)21-53-41(62)24-68-52/h3-7,9-10,14-17,34-37,39,43,45,57,59H,8,11-13,18-27,52H2,1-2H3,(H,53,62)(H,54,65)(H,55,66)(H,56,61)(H,63,64)/t34-,35-,36-,37-,39+,43+,45+,47-,48-,49?,50?,51+/m0/s1. The molecule has 1 saturated heterocycles. The van der Waals surface area contributed by atoms with Gasteiger partial charge >= 0.3 is 12.1 Å². The molecule has 0 aromatic heterocycles. The zero-order valence-corrected chi connectivity index (χ0v) is 39.2. The lowest BCUT2D eigenvalue weighted by atomic mass is 9.33. The first-order valence-electron chi connectivity index (χ1n) is 24.0. The lowest BCUT2D eigenvalue weighted by Crippen LogP contribution is -2.69. The Morgan fingerprint density at radius 1 is 0.971 bits per heavy atom. The molecule has 0 spiro atoms. The Kier molecular flexibility index (Phi) is 13.2. The summed E-state index contributed by atoms with van der Waals surface area (Å²) < 4.78 is 19.3. The molecule has 6 saturated carbocycles. The fourth-order valence-corrected chi connectivity index (χ4v) is 14.0. The van der Waals surface area contributed by atoms with E-state index in [9.17, 15) is 43.8 Å². The van der Waals surface area contributed by atoms with Gasteiger partial charge in [0.05, 0.1) is 18.8 Å². The summed E-state index contributed by atoms with van der Waals surface area (Å²) in [5.41, 5.74) is 0.765. The summed E-state index contributed by atoms with van der Waals surface area (Å²) in [4.78, 5) is 91.6. The number of aliphatic carboxylic acids is 1. The first-order valence-corrected chi connectivity index (χ1v) is 24.0. The molecule has 2 aromatic carbocycles. The van der Waals surface area contributed by atoms with Crippen molar-refractivity contribution >= 4 is 52.7 Å². The van der Waals surface area contributed by atoms with Gasteiger partial charge in [0.15, 0.2) is 23.5 Å². The van der Waals surface area contributed by atoms with Gasteiger partial charge in [-0.3, -0.25) is 38.9 Å². The number of carboxylic acid groups (broad SMARTS) is 1. The maximum atomic E-state index is 14.1. The van der Waals surface area contributed by atoms with Crippen LogP contribution in [0.1, 0.15) is 82.8 Å². The highest BCUT2D eigenvalue weighted by Gasteiger charge is 2.80. The minimum Gasteiger partial charge on any atom is -0.481 e. The van der Waals surface area contributed by atoms with Gasteiger partial charge in [-0.05, 0) is 123 Å². The number of benzene rings is 2. The minimum atomic E-state index is -1.38. The number of ketones is 2. The number of carbonyl (C=O) groups is 7. The van der Waals surface area contributed by atoms with Crippen LogP contribution in [0.4, 0.5) is 16.2 Å². The number of Topliss-reactive ketones (excluding diaryl/α,β-unsaturated/α-hetero) is 1. The van der Waals surface area contributed by atoms with E-state index in [0.717, 1.165) is 49.7 Å². The molecule has 9 N–H and O–H groups in total. The van der Waals surface area contributed by atoms with E-state index in [2.05, 4.69) is 40.0 Å². The second-order valence-electron chi connectivity index (χ2n) is 21.1. The smallest absolute Gasteiger partial charge is 0.411 e. The Bertz CT molecular complexity index is 2510. The predicted octanol–water partition coefficient (Wildman–Crippen LogP) is 3.37. The molecule has 1 aliphatic heterocycles. The quantitative estimate of drug-likeness (QED) is 0.0994. The van der Waals surface area contributed by atoms with Gasteiger partial charge in [0, 0.05) is 40.0 Å². The van der Waals surface area contributed by atoms with Crippen molar-refractivity contribution in [2.75, 3.05) is 30.4 Å². The Hall–Kier alpha value is -5.83. The first-order chi connectivity index (χ1) is 33.3. The van der Waals surface area contributed by atoms with Crippen LogP contribution in [0.2, 0.25) is 0 Å². The van der Waals surface area contributed by atoms with Crippen LogP contribution in [0.25, 0.3) is 0 Å². The van der Waals surface area contributed by atoms with Crippen LogP contribution in [0, 0.1) is 39.4 Å². The van der Waals surface area contributed by atoms with E-state index in [1.165, 1.54) is 0 Å². The number of ether oxygens (including phenoxy) is 3. The third kappa shape index (κ3) is 8.74. The van der Waals surface area contributed by atoms with Crippen molar-refractivity contribution < 1.29 is 67.9 Å². The molecule has 0 unspecified atom stereocenters. The van der Waals surface area contributed by atoms with Crippen molar-refractivity contribution in [3.8, 4) is 0 Å². The van der Waals surface area contributed by atoms with E-state index in [-0.39, 0.29) is 47.4 Å². The van der Waals surface area contributed by atoms with E-state index in [1.54, 1.807) is 42.5 Å². The Morgan fingerprint density at radius 2 is 1.73 bits per heavy atom. The fraction of sp³-hybridized carbons (Fsp3) is 0.549. The highest BCUT2D eigenvalue weighted by molar-refractivity contribution is 6.01. The highest BCUT2D eigenvalue weighted by atomic mass is 16.7. The Labute approximate surface area is 404 Å². The van der Waals surface area contributed by atoms with Crippen LogP contribution >= 0.6 is 0 Å². The maximum Gasteiger partial charge on any atom is 0.411 e. The largest absolute Gasteiger partial charge is 0.481 e. The number of nitrogens with one attached hydrogen (secondary N) is 4. The molecule has 70 heavy (non-hydrogen) atoms. The van der Waals surface area contributed by atoms with Gasteiger partial charge < -0.3 is 45.5 Å². The predicted molar refractivity (Wildman–Crippen MR) is 248 cm³/mol. The lowest BCUT2D eigenvalue weighted by Gasteiger charge is -2.72. The summed E-state index contributed by atoms with van der Waals surface area (Å²) in [7, 11) is 0. The molecule has 1 heterocycles. The summed E-state index contributed by atoms with van der Waals surface area (Å²) >= 11 is 0. The van der Waals surface area contributed by atoms with Crippen LogP contribution < -0.4 is 27.2 Å². The molecule has 10 rings (SSSR count). The van der Waals surface area contributed by atoms with Crippen molar-refractivity contribution in [3.05, 3.63) is 83.5 Å². The number of nitrogens with two attached hydrogens (primary N) is 1. The number of amides is 4. The summed E-state index contributed by atoms with van der Waals surface area (Å²) in [6, 6.07) is 12.8. The van der Waals surface area contributed by atoms with Gasteiger partial charge in [0.1, 0.15) is 25.9 Å². The van der Waals surface area contributed by atoms with Crippen molar-refractivity contribution in [3.63, 3.8) is 0 Å². The van der Waals surface area contributed by atoms with E-state index in [4.69, 9.17) is 25.2 Å². The van der Waals surface area contributed by atoms with E-state index < -0.39 is 103 Å². The van der Waals surface area contributed by atoms with Gasteiger partial charge in [0.2, 0.25) is 17.7 Å². The summed E-state index contributed by atoms with van der Waals surface area (Å²) in [5.74, 6) is 1.20. The average molecular weight is 968 g/mol. The molecular formula is C51H61N5O14. The van der Waals surface area contributed by atoms with Gasteiger partial charge in [-0.15, -0.1) is 0 Å². The van der Waals surface area contributed by atoms with Crippen LogP contribution in [-0.4, -0.2) is 107 Å². The van der Waals surface area contributed by atoms with Crippen LogP contribution in [0.5, 0.6) is 0 Å². The van der Waals surface area contributed by atoms with Gasteiger partial charge in [0.25, 0.3) is 0 Å². The van der Waals surface area contributed by atoms with E-state index in [1.807, 2.05) is 24.3 Å². The normalized spacial score (nSPS) is 34.4. The fourth-order valence-electron chi connectivity index (χ4n) is 14.0. The van der Waals surface area contributed by atoms with Crippen molar-refractivity contribution in [2.24, 2.45) is 45.3 Å². The number of carbonyl (C=O) groups excluding carboxylic acids is 6. The average Bonchev–Trinajstić information content (AvgIpc) is 3.79. The molecule has 374 valence electrons. The van der Waals surface area contributed by atoms with Crippen LogP contribution in [0.15, 0.2) is 72.3 Å². The third-order valence-corrected chi connectivity index (χ3v) is 16.8. The first kappa shape index (κ1) is 49.2. The topological polar surface area (TPSA) is 291 Å². The molecule has 4 amide bonds. The summed E-state index contributed by atoms with van der Waals surface area (Å²) in [5, 5.41) is 41.7. The van der Waals surface area contributed by atoms with E-state index in [0.29, 0.717) is 29.8 Å². The van der Waals surface area contributed by atoms with Gasteiger partial charge in [-0.1, -0.05) is 49.8 Å². The minimum absolute atomic E-state index is 0.00864. The van der Waals surface area contributed by atoms with E-state index >= 15 is 0 Å². The zero-order chi connectivity index (χ0) is 49.8. The van der Waals surface area contributed by atoms with Crippen LogP contribution in [-0.2, 0) is 60.8 Å². The van der Waals surface area contributed by atoms with Crippen molar-refractivity contribution in [2.45, 2.75) is 115 Å².